The molecule has 0 atom stereocenters. The second kappa shape index (κ2) is 10.5. The third kappa shape index (κ3) is 5.46. The van der Waals surface area contributed by atoms with E-state index in [1.807, 2.05) is 42.7 Å². The number of carbonyl (C=O) groups excluding carboxylic acids is 1. The summed E-state index contributed by atoms with van der Waals surface area (Å²) in [5.41, 5.74) is 3.60. The minimum absolute atomic E-state index is 0.120. The van der Waals surface area contributed by atoms with Crippen molar-refractivity contribution in [2.45, 2.75) is 43.2 Å². The third-order valence-corrected chi connectivity index (χ3v) is 8.62. The van der Waals surface area contributed by atoms with Crippen molar-refractivity contribution in [1.29, 1.82) is 0 Å². The van der Waals surface area contributed by atoms with Crippen LogP contribution in [-0.4, -0.2) is 51.4 Å². The smallest absolute Gasteiger partial charge is 0.251 e. The van der Waals surface area contributed by atoms with Crippen LogP contribution < -0.4 is 10.2 Å². The van der Waals surface area contributed by atoms with Crippen molar-refractivity contribution in [1.82, 2.24) is 20.3 Å². The van der Waals surface area contributed by atoms with Crippen molar-refractivity contribution < 1.29 is 14.3 Å². The molecule has 1 aliphatic carbocycles. The molecule has 0 bridgehead atoms. The molecule has 0 unspecified atom stereocenters. The van der Waals surface area contributed by atoms with Gasteiger partial charge in [-0.25, -0.2) is 14.4 Å². The summed E-state index contributed by atoms with van der Waals surface area (Å²) in [6.07, 6.45) is 7.51. The Morgan fingerprint density at radius 2 is 1.90 bits per heavy atom. The summed E-state index contributed by atoms with van der Waals surface area (Å²) >= 11 is 1.39. The molecule has 2 fully saturated rings. The number of anilines is 1. The van der Waals surface area contributed by atoms with Gasteiger partial charge < -0.3 is 15.3 Å². The first-order valence-electron chi connectivity index (χ1n) is 13.2. The Bertz CT molecular complexity index is 1530. The summed E-state index contributed by atoms with van der Waals surface area (Å²) in [4.78, 5) is 29.9. The van der Waals surface area contributed by atoms with Crippen LogP contribution in [0.2, 0.25) is 0 Å². The number of halogens is 1. The molecular weight excluding hydrogens is 513 g/mol. The Balaban J connectivity index is 1.16. The summed E-state index contributed by atoms with van der Waals surface area (Å²) in [7, 11) is 0. The van der Waals surface area contributed by atoms with Crippen LogP contribution in [0.25, 0.3) is 22.3 Å². The molecule has 200 valence electrons. The Morgan fingerprint density at radius 1 is 1.10 bits per heavy atom. The fourth-order valence-electron chi connectivity index (χ4n) is 5.68. The second-order valence-electron chi connectivity index (χ2n) is 10.6. The molecular formula is C30H30FN5O2S. The molecule has 1 spiro atoms. The zero-order valence-electron chi connectivity index (χ0n) is 21.7. The molecule has 0 radical (unpaired) electrons. The van der Waals surface area contributed by atoms with E-state index in [9.17, 15) is 14.3 Å². The fraction of sp³-hybridized carbons (Fsp3) is 0.333. The number of benzene rings is 1. The highest BCUT2D eigenvalue weighted by Crippen LogP contribution is 2.49. The lowest BCUT2D eigenvalue weighted by molar-refractivity contribution is -0.0464. The van der Waals surface area contributed by atoms with Gasteiger partial charge in [-0.05, 0) is 85.9 Å². The molecule has 3 aromatic heterocycles. The largest absolute Gasteiger partial charge is 0.393 e. The summed E-state index contributed by atoms with van der Waals surface area (Å²) in [6.45, 7) is 2.10. The maximum atomic E-state index is 13.9. The van der Waals surface area contributed by atoms with Crippen LogP contribution >= 0.6 is 11.8 Å². The van der Waals surface area contributed by atoms with E-state index in [4.69, 9.17) is 9.97 Å². The maximum absolute atomic E-state index is 13.9. The first-order valence-corrected chi connectivity index (χ1v) is 14.4. The number of carbonyl (C=O) groups is 1. The lowest BCUT2D eigenvalue weighted by atomic mass is 9.61. The van der Waals surface area contributed by atoms with Gasteiger partial charge in [0.2, 0.25) is 0 Å². The van der Waals surface area contributed by atoms with Gasteiger partial charge in [-0.15, -0.1) is 11.8 Å². The number of hydrogen-bond acceptors (Lipinski definition) is 7. The van der Waals surface area contributed by atoms with Gasteiger partial charge in [-0.1, -0.05) is 6.07 Å². The lowest BCUT2D eigenvalue weighted by Crippen LogP contribution is -2.49. The highest BCUT2D eigenvalue weighted by Gasteiger charge is 2.45. The van der Waals surface area contributed by atoms with E-state index in [1.54, 1.807) is 12.3 Å². The minimum Gasteiger partial charge on any atom is -0.393 e. The Morgan fingerprint density at radius 3 is 2.67 bits per heavy atom. The first-order chi connectivity index (χ1) is 18.9. The second-order valence-corrected chi connectivity index (χ2v) is 11.4. The number of nitrogens with one attached hydrogen (secondary N) is 1. The molecule has 1 amide bonds. The van der Waals surface area contributed by atoms with E-state index in [0.717, 1.165) is 66.9 Å². The summed E-state index contributed by atoms with van der Waals surface area (Å²) in [6, 6.07) is 16.1. The number of pyridine rings is 3. The van der Waals surface area contributed by atoms with E-state index in [1.165, 1.54) is 23.9 Å². The number of rotatable bonds is 6. The van der Waals surface area contributed by atoms with E-state index < -0.39 is 5.82 Å². The van der Waals surface area contributed by atoms with Gasteiger partial charge in [-0.3, -0.25) is 9.78 Å². The Hall–Kier alpha value is -3.56. The molecule has 1 aromatic carbocycles. The molecule has 4 heterocycles. The van der Waals surface area contributed by atoms with Gasteiger partial charge in [0.25, 0.3) is 5.91 Å². The van der Waals surface area contributed by atoms with Crippen molar-refractivity contribution in [2.75, 3.05) is 24.2 Å². The van der Waals surface area contributed by atoms with Crippen LogP contribution in [0.3, 0.4) is 0 Å². The number of nitrogens with zero attached hydrogens (tertiary/aromatic N) is 4. The van der Waals surface area contributed by atoms with Crippen molar-refractivity contribution in [3.63, 3.8) is 0 Å². The molecule has 6 rings (SSSR count). The number of aromatic nitrogens is 3. The van der Waals surface area contributed by atoms with Crippen LogP contribution in [0.15, 0.2) is 65.7 Å². The molecule has 9 heteroatoms. The fourth-order valence-corrected chi connectivity index (χ4v) is 6.16. The van der Waals surface area contributed by atoms with Crippen LogP contribution in [0.1, 0.15) is 41.7 Å². The predicted octanol–water partition coefficient (Wildman–Crippen LogP) is 5.22. The average molecular weight is 544 g/mol. The van der Waals surface area contributed by atoms with Gasteiger partial charge in [0, 0.05) is 35.1 Å². The maximum Gasteiger partial charge on any atom is 0.251 e. The molecule has 39 heavy (non-hydrogen) atoms. The number of hydrogen-bond donors (Lipinski definition) is 2. The van der Waals surface area contributed by atoms with Gasteiger partial charge in [0.05, 0.1) is 35.2 Å². The van der Waals surface area contributed by atoms with E-state index in [-0.39, 0.29) is 24.1 Å². The molecule has 4 aromatic rings. The standard InChI is InChI=1S/C30H30FN5O2S/c1-39-24-12-20(11-21(31)13-24)29(38)33-18-22-14-27-19(17-32-22)5-6-26(34-27)25-3-2-4-28(35-25)36-9-7-30(8-10-36)15-23(37)16-30/h2-6,11-14,17,23,37H,7-10,15-16,18H2,1H3,(H,33,38). The van der Waals surface area contributed by atoms with E-state index >= 15 is 0 Å². The number of amides is 1. The molecule has 2 N–H and O–H groups in total. The normalized spacial score (nSPS) is 16.8. The Kier molecular flexibility index (Phi) is 6.95. The quantitative estimate of drug-likeness (QED) is 0.322. The van der Waals surface area contributed by atoms with Crippen LogP contribution in [-0.2, 0) is 6.54 Å². The summed E-state index contributed by atoms with van der Waals surface area (Å²) in [5.74, 6) is 0.156. The van der Waals surface area contributed by atoms with E-state index in [0.29, 0.717) is 16.0 Å². The zero-order valence-corrected chi connectivity index (χ0v) is 22.5. The predicted molar refractivity (Wildman–Crippen MR) is 151 cm³/mol. The number of thioether (sulfide) groups is 1. The van der Waals surface area contributed by atoms with Gasteiger partial charge >= 0.3 is 0 Å². The van der Waals surface area contributed by atoms with Crippen molar-refractivity contribution >= 4 is 34.4 Å². The van der Waals surface area contributed by atoms with Gasteiger partial charge in [0.15, 0.2) is 0 Å². The van der Waals surface area contributed by atoms with E-state index in [2.05, 4.69) is 15.2 Å². The molecule has 1 aliphatic heterocycles. The van der Waals surface area contributed by atoms with Crippen LogP contribution in [0.4, 0.5) is 10.2 Å². The average Bonchev–Trinajstić information content (AvgIpc) is 2.95. The topological polar surface area (TPSA) is 91.2 Å². The van der Waals surface area contributed by atoms with Crippen molar-refractivity contribution in [3.05, 3.63) is 77.9 Å². The number of aliphatic hydroxyl groups excluding tert-OH is 1. The molecule has 1 saturated carbocycles. The van der Waals surface area contributed by atoms with Crippen LogP contribution in [0, 0.1) is 11.2 Å². The highest BCUT2D eigenvalue weighted by atomic mass is 32.2. The van der Waals surface area contributed by atoms with Crippen molar-refractivity contribution in [2.24, 2.45) is 5.41 Å². The minimum atomic E-state index is -0.437. The number of fused-ring (bicyclic) bond motifs is 1. The molecule has 2 aliphatic rings. The highest BCUT2D eigenvalue weighted by molar-refractivity contribution is 7.98. The van der Waals surface area contributed by atoms with Gasteiger partial charge in [-0.2, -0.15) is 0 Å². The summed E-state index contributed by atoms with van der Waals surface area (Å²) < 4.78 is 13.9. The Labute approximate surface area is 230 Å². The first kappa shape index (κ1) is 25.7. The molecule has 7 nitrogen and oxygen atoms in total. The van der Waals surface area contributed by atoms with Crippen molar-refractivity contribution in [3.8, 4) is 11.4 Å². The van der Waals surface area contributed by atoms with Gasteiger partial charge in [0.1, 0.15) is 11.6 Å². The van der Waals surface area contributed by atoms with Crippen LogP contribution in [0.5, 0.6) is 0 Å². The SMILES string of the molecule is CSc1cc(F)cc(C(=O)NCc2cc3nc(-c4cccc(N5CCC6(CC5)CC(O)C6)n4)ccc3cn2)c1. The number of aliphatic hydroxyl groups is 1. The number of piperidine rings is 1. The third-order valence-electron chi connectivity index (χ3n) is 7.91. The zero-order chi connectivity index (χ0) is 27.0. The lowest BCUT2D eigenvalue weighted by Gasteiger charge is -2.50. The molecule has 1 saturated heterocycles. The monoisotopic (exact) mass is 543 g/mol. The summed E-state index contributed by atoms with van der Waals surface area (Å²) in [5, 5.41) is 13.5.